The molecular formula is C13H23ClN4O2. The monoisotopic (exact) mass is 302 g/mol. The van der Waals surface area contributed by atoms with Crippen LogP contribution in [0.4, 0.5) is 0 Å². The van der Waals surface area contributed by atoms with Crippen molar-refractivity contribution in [2.45, 2.75) is 18.8 Å². The van der Waals surface area contributed by atoms with E-state index in [1.165, 1.54) is 18.5 Å². The molecule has 1 aromatic heterocycles. The van der Waals surface area contributed by atoms with Crippen molar-refractivity contribution in [1.82, 2.24) is 20.4 Å². The average Bonchev–Trinajstić information content (AvgIpc) is 3.16. The summed E-state index contributed by atoms with van der Waals surface area (Å²) in [6.07, 6.45) is 2.42. The van der Waals surface area contributed by atoms with Crippen LogP contribution < -0.4 is 10.6 Å². The van der Waals surface area contributed by atoms with E-state index in [9.17, 15) is 4.79 Å². The van der Waals surface area contributed by atoms with E-state index in [0.717, 1.165) is 13.1 Å². The number of nitrogens with one attached hydrogen (secondary N) is 2. The molecule has 114 valence electrons. The first-order chi connectivity index (χ1) is 9.22. The number of hydrogen-bond acceptors (Lipinski definition) is 4. The number of carbonyl (C=O) groups is 1. The number of hydrogen-bond donors (Lipinski definition) is 2. The lowest BCUT2D eigenvalue weighted by molar-refractivity contribution is 0.0948. The molecule has 1 amide bonds. The summed E-state index contributed by atoms with van der Waals surface area (Å²) in [4.78, 5) is 11.9. The van der Waals surface area contributed by atoms with E-state index in [1.807, 2.05) is 17.8 Å². The van der Waals surface area contributed by atoms with Crippen LogP contribution in [0.25, 0.3) is 0 Å². The fourth-order valence-corrected chi connectivity index (χ4v) is 2.01. The molecule has 0 unspecified atom stereocenters. The van der Waals surface area contributed by atoms with Crippen molar-refractivity contribution < 1.29 is 9.53 Å². The number of rotatable bonds is 8. The standard InChI is InChI=1S/C13H22N4O2.ClH/c1-17-12(10-3-4-10)9-11(16-17)13(18)15-6-5-14-7-8-19-2;/h9-10,14H,3-8H2,1-2H3,(H,15,18);1H. The number of carbonyl (C=O) groups excluding carboxylic acids is 1. The number of amides is 1. The molecule has 20 heavy (non-hydrogen) atoms. The van der Waals surface area contributed by atoms with Crippen LogP contribution in [0.15, 0.2) is 6.07 Å². The van der Waals surface area contributed by atoms with E-state index in [-0.39, 0.29) is 18.3 Å². The van der Waals surface area contributed by atoms with Gasteiger partial charge in [0, 0.05) is 45.4 Å². The average molecular weight is 303 g/mol. The molecule has 1 aliphatic carbocycles. The molecule has 0 saturated heterocycles. The summed E-state index contributed by atoms with van der Waals surface area (Å²) >= 11 is 0. The smallest absolute Gasteiger partial charge is 0.271 e. The van der Waals surface area contributed by atoms with Gasteiger partial charge in [0.25, 0.3) is 5.91 Å². The third kappa shape index (κ3) is 4.77. The van der Waals surface area contributed by atoms with Gasteiger partial charge in [0.2, 0.25) is 0 Å². The summed E-state index contributed by atoms with van der Waals surface area (Å²) in [6, 6.07) is 1.91. The van der Waals surface area contributed by atoms with Crippen molar-refractivity contribution in [1.29, 1.82) is 0 Å². The van der Waals surface area contributed by atoms with Crippen molar-refractivity contribution in [3.8, 4) is 0 Å². The van der Waals surface area contributed by atoms with E-state index >= 15 is 0 Å². The first kappa shape index (κ1) is 16.9. The minimum absolute atomic E-state index is 0. The largest absolute Gasteiger partial charge is 0.383 e. The van der Waals surface area contributed by atoms with Crippen molar-refractivity contribution in [3.63, 3.8) is 0 Å². The predicted molar refractivity (Wildman–Crippen MR) is 79.5 cm³/mol. The Morgan fingerprint density at radius 3 is 2.85 bits per heavy atom. The molecule has 6 nitrogen and oxygen atoms in total. The maximum Gasteiger partial charge on any atom is 0.271 e. The molecular weight excluding hydrogens is 280 g/mol. The number of nitrogens with zero attached hydrogens (tertiary/aromatic N) is 2. The Morgan fingerprint density at radius 2 is 2.20 bits per heavy atom. The molecule has 7 heteroatoms. The zero-order valence-electron chi connectivity index (χ0n) is 12.0. The van der Waals surface area contributed by atoms with E-state index in [1.54, 1.807) is 7.11 Å². The zero-order chi connectivity index (χ0) is 13.7. The Hall–Kier alpha value is -1.11. The molecule has 0 atom stereocenters. The van der Waals surface area contributed by atoms with Gasteiger partial charge in [0.05, 0.1) is 6.61 Å². The van der Waals surface area contributed by atoms with E-state index in [0.29, 0.717) is 24.8 Å². The molecule has 1 saturated carbocycles. The lowest BCUT2D eigenvalue weighted by atomic mass is 10.2. The molecule has 0 bridgehead atoms. The molecule has 0 aromatic carbocycles. The molecule has 1 heterocycles. The summed E-state index contributed by atoms with van der Waals surface area (Å²) in [6.45, 7) is 2.80. The van der Waals surface area contributed by atoms with Crippen molar-refractivity contribution in [2.24, 2.45) is 7.05 Å². The molecule has 1 aliphatic rings. The summed E-state index contributed by atoms with van der Waals surface area (Å²) in [5.41, 5.74) is 1.68. The Balaban J connectivity index is 0.00000200. The van der Waals surface area contributed by atoms with Crippen LogP contribution in [0, 0.1) is 0 Å². The minimum atomic E-state index is -0.101. The van der Waals surface area contributed by atoms with Crippen LogP contribution in [0.5, 0.6) is 0 Å². The van der Waals surface area contributed by atoms with Gasteiger partial charge in [-0.25, -0.2) is 0 Å². The molecule has 1 aromatic rings. The first-order valence-corrected chi connectivity index (χ1v) is 6.74. The molecule has 2 rings (SSSR count). The molecule has 0 radical (unpaired) electrons. The summed E-state index contributed by atoms with van der Waals surface area (Å²) in [5, 5.41) is 10.3. The van der Waals surface area contributed by atoms with Gasteiger partial charge in [-0.3, -0.25) is 9.48 Å². The summed E-state index contributed by atoms with van der Waals surface area (Å²) in [5.74, 6) is 0.505. The maximum absolute atomic E-state index is 11.9. The second kappa shape index (κ2) is 8.24. The second-order valence-electron chi connectivity index (χ2n) is 4.85. The predicted octanol–water partition coefficient (Wildman–Crippen LogP) is 0.685. The number of ether oxygens (including phenoxy) is 1. The van der Waals surface area contributed by atoms with E-state index in [2.05, 4.69) is 15.7 Å². The van der Waals surface area contributed by atoms with E-state index in [4.69, 9.17) is 4.74 Å². The van der Waals surface area contributed by atoms with Gasteiger partial charge in [0.1, 0.15) is 5.69 Å². The van der Waals surface area contributed by atoms with Gasteiger partial charge in [-0.1, -0.05) is 0 Å². The SMILES string of the molecule is COCCNCCNC(=O)c1cc(C2CC2)n(C)n1.Cl. The van der Waals surface area contributed by atoms with Crippen LogP contribution in [-0.4, -0.2) is 49.0 Å². The number of aromatic nitrogens is 2. The van der Waals surface area contributed by atoms with Gasteiger partial charge >= 0.3 is 0 Å². The lowest BCUT2D eigenvalue weighted by Crippen LogP contribution is -2.33. The fourth-order valence-electron chi connectivity index (χ4n) is 2.01. The van der Waals surface area contributed by atoms with Crippen molar-refractivity contribution in [2.75, 3.05) is 33.4 Å². The van der Waals surface area contributed by atoms with Gasteiger partial charge in [-0.2, -0.15) is 5.10 Å². The number of halogens is 1. The van der Waals surface area contributed by atoms with Crippen LogP contribution in [-0.2, 0) is 11.8 Å². The van der Waals surface area contributed by atoms with Gasteiger partial charge in [0.15, 0.2) is 0 Å². The fraction of sp³-hybridized carbons (Fsp3) is 0.692. The van der Waals surface area contributed by atoms with E-state index < -0.39 is 0 Å². The third-order valence-electron chi connectivity index (χ3n) is 3.21. The zero-order valence-corrected chi connectivity index (χ0v) is 12.8. The molecule has 0 spiro atoms. The maximum atomic E-state index is 11.9. The van der Waals surface area contributed by atoms with Crippen LogP contribution in [0.1, 0.15) is 34.9 Å². The van der Waals surface area contributed by atoms with Gasteiger partial charge < -0.3 is 15.4 Å². The highest BCUT2D eigenvalue weighted by Gasteiger charge is 2.28. The normalized spacial score (nSPS) is 13.9. The Bertz CT molecular complexity index is 432. The topological polar surface area (TPSA) is 68.2 Å². The van der Waals surface area contributed by atoms with Crippen molar-refractivity contribution >= 4 is 18.3 Å². The van der Waals surface area contributed by atoms with Gasteiger partial charge in [-0.15, -0.1) is 12.4 Å². The second-order valence-corrected chi connectivity index (χ2v) is 4.85. The molecule has 2 N–H and O–H groups in total. The minimum Gasteiger partial charge on any atom is -0.383 e. The quantitative estimate of drug-likeness (QED) is 0.693. The summed E-state index contributed by atoms with van der Waals surface area (Å²) in [7, 11) is 3.57. The molecule has 1 fully saturated rings. The van der Waals surface area contributed by atoms with Crippen LogP contribution in [0.3, 0.4) is 0 Å². The Labute approximate surface area is 125 Å². The van der Waals surface area contributed by atoms with Crippen molar-refractivity contribution in [3.05, 3.63) is 17.5 Å². The van der Waals surface area contributed by atoms with Crippen LogP contribution in [0.2, 0.25) is 0 Å². The molecule has 0 aliphatic heterocycles. The van der Waals surface area contributed by atoms with Crippen LogP contribution >= 0.6 is 12.4 Å². The lowest BCUT2D eigenvalue weighted by Gasteiger charge is -2.04. The summed E-state index contributed by atoms with van der Waals surface area (Å²) < 4.78 is 6.74. The number of methoxy groups -OCH3 is 1. The third-order valence-corrected chi connectivity index (χ3v) is 3.21. The highest BCUT2D eigenvalue weighted by Crippen LogP contribution is 2.39. The number of aryl methyl sites for hydroxylation is 1. The van der Waals surface area contributed by atoms with Gasteiger partial charge in [-0.05, 0) is 18.9 Å². The highest BCUT2D eigenvalue weighted by molar-refractivity contribution is 5.92. The Kier molecular flexibility index (Phi) is 6.98. The first-order valence-electron chi connectivity index (χ1n) is 6.74. The highest BCUT2D eigenvalue weighted by atomic mass is 35.5. The Morgan fingerprint density at radius 1 is 1.45 bits per heavy atom.